The Morgan fingerprint density at radius 3 is 2.47 bits per heavy atom. The first-order valence-electron chi connectivity index (χ1n) is 7.37. The molecule has 1 N–H and O–H groups in total. The molecule has 2 unspecified atom stereocenters. The quantitative estimate of drug-likeness (QED) is 0.819. The van der Waals surface area contributed by atoms with Crippen molar-refractivity contribution >= 4 is 5.91 Å². The topological polar surface area (TPSA) is 56.8 Å². The van der Waals surface area contributed by atoms with Crippen molar-refractivity contribution in [3.8, 4) is 0 Å². The number of amides is 1. The van der Waals surface area contributed by atoms with Crippen molar-refractivity contribution in [3.05, 3.63) is 0 Å². The smallest absolute Gasteiger partial charge is 0.225 e. The lowest BCUT2D eigenvalue weighted by Crippen LogP contribution is -2.45. The monoisotopic (exact) mass is 269 g/mol. The van der Waals surface area contributed by atoms with Crippen LogP contribution in [0.15, 0.2) is 0 Å². The molecule has 2 heterocycles. The van der Waals surface area contributed by atoms with Crippen molar-refractivity contribution in [1.29, 1.82) is 0 Å². The van der Waals surface area contributed by atoms with Crippen LogP contribution in [0, 0.1) is 5.92 Å². The summed E-state index contributed by atoms with van der Waals surface area (Å²) in [5.74, 6) is -0.157. The molecule has 0 aromatic carbocycles. The first-order valence-corrected chi connectivity index (χ1v) is 7.37. The van der Waals surface area contributed by atoms with Gasteiger partial charge in [-0.15, -0.1) is 0 Å². The molecule has 5 heteroatoms. The fourth-order valence-corrected chi connectivity index (χ4v) is 3.31. The molecule has 1 amide bonds. The van der Waals surface area contributed by atoms with Crippen molar-refractivity contribution in [2.45, 2.75) is 57.0 Å². The molecule has 2 aliphatic heterocycles. The van der Waals surface area contributed by atoms with Gasteiger partial charge in [0.2, 0.25) is 5.91 Å². The van der Waals surface area contributed by atoms with Crippen LogP contribution in [0.4, 0.5) is 0 Å². The number of carbonyl (C=O) groups excluding carboxylic acids is 1. The lowest BCUT2D eigenvalue weighted by molar-refractivity contribution is -0.180. The first-order chi connectivity index (χ1) is 9.17. The largest absolute Gasteiger partial charge is 0.378 e. The van der Waals surface area contributed by atoms with Crippen molar-refractivity contribution in [2.24, 2.45) is 5.92 Å². The van der Waals surface area contributed by atoms with E-state index >= 15 is 0 Å². The summed E-state index contributed by atoms with van der Waals surface area (Å²) in [4.78, 5) is 12.1. The molecular formula is C14H23NO4. The third-order valence-electron chi connectivity index (χ3n) is 4.48. The Bertz CT molecular complexity index is 330. The summed E-state index contributed by atoms with van der Waals surface area (Å²) >= 11 is 0. The van der Waals surface area contributed by atoms with E-state index in [1.807, 2.05) is 6.92 Å². The van der Waals surface area contributed by atoms with E-state index in [0.717, 1.165) is 32.1 Å². The molecule has 0 aromatic rings. The molecule has 3 aliphatic rings. The molecule has 0 radical (unpaired) electrons. The minimum atomic E-state index is -0.341. The maximum absolute atomic E-state index is 12.1. The number of hydrogen-bond donors (Lipinski definition) is 1. The predicted molar refractivity (Wildman–Crippen MR) is 68.6 cm³/mol. The molecule has 0 aromatic heterocycles. The minimum absolute atomic E-state index is 0.0323. The predicted octanol–water partition coefficient (Wildman–Crippen LogP) is 1.21. The van der Waals surface area contributed by atoms with E-state index < -0.39 is 0 Å². The SMILES string of the molecule is CC1CC(C(=O)NC2CCC3(CC2)OCCO3)CO1. The van der Waals surface area contributed by atoms with Gasteiger partial charge in [-0.3, -0.25) is 4.79 Å². The number of hydrogen-bond acceptors (Lipinski definition) is 4. The van der Waals surface area contributed by atoms with Crippen molar-refractivity contribution in [1.82, 2.24) is 5.32 Å². The average molecular weight is 269 g/mol. The van der Waals surface area contributed by atoms with Crippen LogP contribution in [0.25, 0.3) is 0 Å². The summed E-state index contributed by atoms with van der Waals surface area (Å²) < 4.78 is 16.8. The van der Waals surface area contributed by atoms with Gasteiger partial charge in [-0.05, 0) is 26.2 Å². The highest BCUT2D eigenvalue weighted by molar-refractivity contribution is 5.79. The van der Waals surface area contributed by atoms with Crippen LogP contribution >= 0.6 is 0 Å². The lowest BCUT2D eigenvalue weighted by atomic mass is 9.89. The molecule has 2 saturated heterocycles. The van der Waals surface area contributed by atoms with Gasteiger partial charge in [0.1, 0.15) is 0 Å². The van der Waals surface area contributed by atoms with Crippen LogP contribution in [-0.2, 0) is 19.0 Å². The Kier molecular flexibility index (Phi) is 3.78. The zero-order chi connectivity index (χ0) is 13.3. The second-order valence-corrected chi connectivity index (χ2v) is 5.97. The number of ether oxygens (including phenoxy) is 3. The normalized spacial score (nSPS) is 34.8. The van der Waals surface area contributed by atoms with Crippen molar-refractivity contribution in [2.75, 3.05) is 19.8 Å². The highest BCUT2D eigenvalue weighted by Crippen LogP contribution is 2.35. The van der Waals surface area contributed by atoms with E-state index in [4.69, 9.17) is 14.2 Å². The number of nitrogens with one attached hydrogen (secondary N) is 1. The maximum Gasteiger partial charge on any atom is 0.225 e. The molecule has 1 aliphatic carbocycles. The Balaban J connectivity index is 1.45. The van der Waals surface area contributed by atoms with Gasteiger partial charge in [0.05, 0.1) is 31.8 Å². The lowest BCUT2D eigenvalue weighted by Gasteiger charge is -2.35. The van der Waals surface area contributed by atoms with Crippen LogP contribution in [-0.4, -0.2) is 43.7 Å². The van der Waals surface area contributed by atoms with Gasteiger partial charge in [-0.1, -0.05) is 0 Å². The van der Waals surface area contributed by atoms with Gasteiger partial charge in [-0.2, -0.15) is 0 Å². The molecule has 3 fully saturated rings. The Hall–Kier alpha value is -0.650. The standard InChI is InChI=1S/C14H23NO4/c1-10-8-11(9-17-10)13(16)15-12-2-4-14(5-3-12)18-6-7-19-14/h10-12H,2-9H2,1H3,(H,15,16). The van der Waals surface area contributed by atoms with Crippen molar-refractivity contribution < 1.29 is 19.0 Å². The molecule has 5 nitrogen and oxygen atoms in total. The van der Waals surface area contributed by atoms with Gasteiger partial charge >= 0.3 is 0 Å². The summed E-state index contributed by atoms with van der Waals surface area (Å²) in [7, 11) is 0. The van der Waals surface area contributed by atoms with E-state index in [1.54, 1.807) is 0 Å². The van der Waals surface area contributed by atoms with E-state index in [2.05, 4.69) is 5.32 Å². The van der Waals surface area contributed by atoms with Crippen LogP contribution in [0.1, 0.15) is 39.0 Å². The van der Waals surface area contributed by atoms with E-state index in [1.165, 1.54) is 0 Å². The van der Waals surface area contributed by atoms with Crippen LogP contribution < -0.4 is 5.32 Å². The number of rotatable bonds is 2. The molecule has 2 atom stereocenters. The van der Waals surface area contributed by atoms with E-state index in [-0.39, 0.29) is 29.8 Å². The molecule has 3 rings (SSSR count). The summed E-state index contributed by atoms with van der Waals surface area (Å²) in [6, 6.07) is 0.266. The molecular weight excluding hydrogens is 246 g/mol. The van der Waals surface area contributed by atoms with Gasteiger partial charge in [0.15, 0.2) is 5.79 Å². The van der Waals surface area contributed by atoms with Gasteiger partial charge < -0.3 is 19.5 Å². The molecule has 108 valence electrons. The Morgan fingerprint density at radius 1 is 1.21 bits per heavy atom. The van der Waals surface area contributed by atoms with E-state index in [0.29, 0.717) is 19.8 Å². The third-order valence-corrected chi connectivity index (χ3v) is 4.48. The summed E-state index contributed by atoms with van der Waals surface area (Å²) in [6.07, 6.45) is 4.70. The Morgan fingerprint density at radius 2 is 1.89 bits per heavy atom. The van der Waals surface area contributed by atoms with Gasteiger partial charge in [0.25, 0.3) is 0 Å². The average Bonchev–Trinajstić information content (AvgIpc) is 3.02. The fourth-order valence-electron chi connectivity index (χ4n) is 3.31. The summed E-state index contributed by atoms with van der Waals surface area (Å²) in [5, 5.41) is 3.16. The second kappa shape index (κ2) is 5.38. The molecule has 19 heavy (non-hydrogen) atoms. The molecule has 1 spiro atoms. The third kappa shape index (κ3) is 2.93. The molecule has 0 bridgehead atoms. The highest BCUT2D eigenvalue weighted by Gasteiger charge is 2.41. The van der Waals surface area contributed by atoms with Gasteiger partial charge in [0, 0.05) is 18.9 Å². The van der Waals surface area contributed by atoms with Crippen LogP contribution in [0.2, 0.25) is 0 Å². The van der Waals surface area contributed by atoms with Gasteiger partial charge in [-0.25, -0.2) is 0 Å². The number of carbonyl (C=O) groups is 1. The second-order valence-electron chi connectivity index (χ2n) is 5.97. The highest BCUT2D eigenvalue weighted by atomic mass is 16.7. The summed E-state index contributed by atoms with van der Waals surface area (Å²) in [5.41, 5.74) is 0. The van der Waals surface area contributed by atoms with Crippen LogP contribution in [0.5, 0.6) is 0 Å². The zero-order valence-electron chi connectivity index (χ0n) is 11.5. The minimum Gasteiger partial charge on any atom is -0.378 e. The zero-order valence-corrected chi connectivity index (χ0v) is 11.5. The Labute approximate surface area is 114 Å². The first kappa shape index (κ1) is 13.3. The fraction of sp³-hybridized carbons (Fsp3) is 0.929. The van der Waals surface area contributed by atoms with Crippen LogP contribution in [0.3, 0.4) is 0 Å². The summed E-state index contributed by atoms with van der Waals surface area (Å²) in [6.45, 7) is 3.99. The maximum atomic E-state index is 12.1. The van der Waals surface area contributed by atoms with E-state index in [9.17, 15) is 4.79 Å². The molecule has 1 saturated carbocycles. The van der Waals surface area contributed by atoms with Crippen molar-refractivity contribution in [3.63, 3.8) is 0 Å².